The Morgan fingerprint density at radius 3 is 2.48 bits per heavy atom. The van der Waals surface area contributed by atoms with Gasteiger partial charge in [-0.2, -0.15) is 0 Å². The number of hydrogen-bond donors (Lipinski definition) is 1. The first-order chi connectivity index (χ1) is 14.9. The number of nitrogens with one attached hydrogen (secondary N) is 1. The molecular formula is C24H25N3O3S. The van der Waals surface area contributed by atoms with E-state index in [1.54, 1.807) is 24.2 Å². The first-order valence-electron chi connectivity index (χ1n) is 9.79. The number of hydrogen-bond acceptors (Lipinski definition) is 5. The molecular weight excluding hydrogens is 410 g/mol. The van der Waals surface area contributed by atoms with Crippen LogP contribution in [0.25, 0.3) is 6.08 Å². The molecule has 31 heavy (non-hydrogen) atoms. The number of rotatable bonds is 7. The molecule has 0 aromatic heterocycles. The average molecular weight is 436 g/mol. The first kappa shape index (κ1) is 22.4. The Kier molecular flexibility index (Phi) is 7.31. The summed E-state index contributed by atoms with van der Waals surface area (Å²) < 4.78 is 5.19. The Balaban J connectivity index is 1.92. The van der Waals surface area contributed by atoms with Gasteiger partial charge in [0.2, 0.25) is 5.91 Å². The molecule has 0 radical (unpaired) electrons. The molecule has 1 aliphatic heterocycles. The summed E-state index contributed by atoms with van der Waals surface area (Å²) in [5.74, 6) is 0.515. The molecule has 0 atom stereocenters. The van der Waals surface area contributed by atoms with Crippen molar-refractivity contribution in [2.75, 3.05) is 24.3 Å². The molecule has 1 N–H and O–H groups in total. The number of aliphatic imine (C=N–C) groups is 1. The van der Waals surface area contributed by atoms with Gasteiger partial charge in [-0.15, -0.1) is 6.58 Å². The third-order valence-electron chi connectivity index (χ3n) is 4.49. The highest BCUT2D eigenvalue weighted by Gasteiger charge is 2.32. The third kappa shape index (κ3) is 5.64. The molecule has 1 aliphatic rings. The van der Waals surface area contributed by atoms with Gasteiger partial charge in [-0.05, 0) is 60.9 Å². The van der Waals surface area contributed by atoms with Crippen LogP contribution in [-0.2, 0) is 9.59 Å². The van der Waals surface area contributed by atoms with E-state index in [2.05, 4.69) is 16.9 Å². The van der Waals surface area contributed by atoms with Crippen molar-refractivity contribution in [1.29, 1.82) is 0 Å². The number of carbonyl (C=O) groups excluding carboxylic acids is 2. The Hall–Kier alpha value is -3.32. The summed E-state index contributed by atoms with van der Waals surface area (Å²) >= 11 is 1.23. The molecule has 0 saturated heterocycles. The lowest BCUT2D eigenvalue weighted by molar-refractivity contribution is -0.118. The summed E-state index contributed by atoms with van der Waals surface area (Å²) in [5, 5.41) is 3.21. The highest BCUT2D eigenvalue weighted by Crippen LogP contribution is 2.31. The maximum Gasteiger partial charge on any atom is 0.283 e. The van der Waals surface area contributed by atoms with Gasteiger partial charge >= 0.3 is 0 Å². The standard InChI is InChI=1S/C24H25N3O3S/c1-5-10-25-22(28)15-31-24-26-21(14-18-6-8-20(30-4)9-7-18)23(29)27(24)19-12-16(2)11-17(3)13-19/h5-9,11-14H,1,10,15H2,2-4H3,(H,25,28)/b21-14-. The molecule has 0 unspecified atom stereocenters. The normalized spacial score (nSPS) is 14.5. The van der Waals surface area contributed by atoms with E-state index in [9.17, 15) is 9.59 Å². The molecule has 1 heterocycles. The zero-order valence-corrected chi connectivity index (χ0v) is 18.7. The van der Waals surface area contributed by atoms with Crippen LogP contribution in [-0.4, -0.2) is 36.4 Å². The molecule has 160 valence electrons. The second kappa shape index (κ2) is 10.1. The van der Waals surface area contributed by atoms with Crippen LogP contribution in [0.5, 0.6) is 5.75 Å². The fraction of sp³-hybridized carbons (Fsp3) is 0.208. The Morgan fingerprint density at radius 2 is 1.87 bits per heavy atom. The molecule has 7 heteroatoms. The van der Waals surface area contributed by atoms with Crippen LogP contribution in [0.1, 0.15) is 16.7 Å². The highest BCUT2D eigenvalue weighted by atomic mass is 32.2. The maximum absolute atomic E-state index is 13.3. The van der Waals surface area contributed by atoms with Crippen LogP contribution >= 0.6 is 11.8 Å². The van der Waals surface area contributed by atoms with Crippen LogP contribution < -0.4 is 15.0 Å². The molecule has 0 saturated carbocycles. The number of methoxy groups -OCH3 is 1. The van der Waals surface area contributed by atoms with Crippen molar-refractivity contribution >= 4 is 40.5 Å². The zero-order valence-electron chi connectivity index (χ0n) is 17.8. The summed E-state index contributed by atoms with van der Waals surface area (Å²) in [6, 6.07) is 13.3. The topological polar surface area (TPSA) is 71.0 Å². The SMILES string of the molecule is C=CCNC(=O)CSC1=N/C(=C\c2ccc(OC)cc2)C(=O)N1c1cc(C)cc(C)c1. The molecule has 0 aliphatic carbocycles. The predicted molar refractivity (Wildman–Crippen MR) is 127 cm³/mol. The Morgan fingerprint density at radius 1 is 1.19 bits per heavy atom. The monoisotopic (exact) mass is 435 g/mol. The summed E-state index contributed by atoms with van der Waals surface area (Å²) in [7, 11) is 1.61. The summed E-state index contributed by atoms with van der Waals surface area (Å²) in [6.45, 7) is 7.96. The lowest BCUT2D eigenvalue weighted by Gasteiger charge is -2.19. The van der Waals surface area contributed by atoms with E-state index in [1.165, 1.54) is 11.8 Å². The third-order valence-corrected chi connectivity index (χ3v) is 5.43. The highest BCUT2D eigenvalue weighted by molar-refractivity contribution is 8.14. The quantitative estimate of drug-likeness (QED) is 0.525. The molecule has 2 aromatic carbocycles. The van der Waals surface area contributed by atoms with Crippen molar-refractivity contribution < 1.29 is 14.3 Å². The van der Waals surface area contributed by atoms with Crippen molar-refractivity contribution in [1.82, 2.24) is 5.32 Å². The number of thioether (sulfide) groups is 1. The summed E-state index contributed by atoms with van der Waals surface area (Å²) in [4.78, 5) is 31.5. The van der Waals surface area contributed by atoms with Crippen molar-refractivity contribution in [2.24, 2.45) is 4.99 Å². The molecule has 0 bridgehead atoms. The smallest absolute Gasteiger partial charge is 0.283 e. The summed E-state index contributed by atoms with van der Waals surface area (Å²) in [6.07, 6.45) is 3.36. The van der Waals surface area contributed by atoms with Gasteiger partial charge in [0, 0.05) is 6.54 Å². The number of anilines is 1. The van der Waals surface area contributed by atoms with E-state index >= 15 is 0 Å². The lowest BCUT2D eigenvalue weighted by atomic mass is 10.1. The van der Waals surface area contributed by atoms with Gasteiger partial charge in [0.05, 0.1) is 18.6 Å². The van der Waals surface area contributed by atoms with Gasteiger partial charge in [-0.1, -0.05) is 36.0 Å². The number of carbonyl (C=O) groups is 2. The van der Waals surface area contributed by atoms with Gasteiger partial charge in [0.25, 0.3) is 5.91 Å². The Bertz CT molecular complexity index is 1040. The van der Waals surface area contributed by atoms with E-state index in [1.807, 2.05) is 56.3 Å². The van der Waals surface area contributed by atoms with Crippen LogP contribution in [0.3, 0.4) is 0 Å². The molecule has 0 fully saturated rings. The van der Waals surface area contributed by atoms with Gasteiger partial charge in [0.15, 0.2) is 5.17 Å². The molecule has 3 rings (SSSR count). The average Bonchev–Trinajstić information content (AvgIpc) is 3.05. The number of amides is 2. The predicted octanol–water partition coefficient (Wildman–Crippen LogP) is 4.09. The maximum atomic E-state index is 13.3. The fourth-order valence-electron chi connectivity index (χ4n) is 3.13. The zero-order chi connectivity index (χ0) is 22.4. The van der Waals surface area contributed by atoms with E-state index in [0.29, 0.717) is 17.4 Å². The van der Waals surface area contributed by atoms with Crippen molar-refractivity contribution in [3.63, 3.8) is 0 Å². The second-order valence-electron chi connectivity index (χ2n) is 7.07. The second-order valence-corrected chi connectivity index (χ2v) is 8.01. The van der Waals surface area contributed by atoms with E-state index in [-0.39, 0.29) is 17.6 Å². The fourth-order valence-corrected chi connectivity index (χ4v) is 3.97. The first-order valence-corrected chi connectivity index (χ1v) is 10.8. The van der Waals surface area contributed by atoms with E-state index in [4.69, 9.17) is 4.74 Å². The van der Waals surface area contributed by atoms with E-state index < -0.39 is 0 Å². The minimum absolute atomic E-state index is 0.145. The van der Waals surface area contributed by atoms with Gasteiger partial charge in [-0.25, -0.2) is 4.99 Å². The van der Waals surface area contributed by atoms with Crippen molar-refractivity contribution in [3.8, 4) is 5.75 Å². The van der Waals surface area contributed by atoms with Crippen molar-refractivity contribution in [3.05, 3.63) is 77.5 Å². The van der Waals surface area contributed by atoms with E-state index in [0.717, 1.165) is 28.1 Å². The molecule has 0 spiro atoms. The number of nitrogens with zero attached hydrogens (tertiary/aromatic N) is 2. The minimum atomic E-state index is -0.227. The molecule has 2 aromatic rings. The molecule has 6 nitrogen and oxygen atoms in total. The van der Waals surface area contributed by atoms with Crippen LogP contribution in [0.2, 0.25) is 0 Å². The van der Waals surface area contributed by atoms with Crippen LogP contribution in [0.15, 0.2) is 65.8 Å². The van der Waals surface area contributed by atoms with Gasteiger partial charge < -0.3 is 10.1 Å². The molecule has 2 amide bonds. The largest absolute Gasteiger partial charge is 0.497 e. The number of aryl methyl sites for hydroxylation is 2. The Labute approximate surface area is 186 Å². The van der Waals surface area contributed by atoms with Gasteiger partial charge in [0.1, 0.15) is 11.4 Å². The number of benzene rings is 2. The van der Waals surface area contributed by atoms with Crippen LogP contribution in [0.4, 0.5) is 5.69 Å². The summed E-state index contributed by atoms with van der Waals surface area (Å²) in [5.41, 5.74) is 3.98. The number of ether oxygens (including phenoxy) is 1. The van der Waals surface area contributed by atoms with Crippen molar-refractivity contribution in [2.45, 2.75) is 13.8 Å². The minimum Gasteiger partial charge on any atom is -0.497 e. The van der Waals surface area contributed by atoms with Crippen LogP contribution in [0, 0.1) is 13.8 Å². The number of amidine groups is 1. The van der Waals surface area contributed by atoms with Gasteiger partial charge in [-0.3, -0.25) is 14.5 Å². The lowest BCUT2D eigenvalue weighted by Crippen LogP contribution is -2.32.